The number of amides is 1. The van der Waals surface area contributed by atoms with Crippen molar-refractivity contribution < 1.29 is 4.79 Å². The first-order chi connectivity index (χ1) is 7.20. The summed E-state index contributed by atoms with van der Waals surface area (Å²) in [6.45, 7) is 5.33. The van der Waals surface area contributed by atoms with Gasteiger partial charge in [-0.1, -0.05) is 19.8 Å². The maximum Gasteiger partial charge on any atom is 0.251 e. The normalized spacial score (nSPS) is 24.9. The molecule has 1 aliphatic heterocycles. The molecule has 0 saturated carbocycles. The van der Waals surface area contributed by atoms with Crippen LogP contribution in [0, 0.1) is 0 Å². The minimum absolute atomic E-state index is 0.0321. The molecule has 1 aliphatic rings. The van der Waals surface area contributed by atoms with Crippen LogP contribution in [-0.2, 0) is 4.79 Å². The zero-order chi connectivity index (χ0) is 11.3. The lowest BCUT2D eigenvalue weighted by Gasteiger charge is -2.38. The summed E-state index contributed by atoms with van der Waals surface area (Å²) in [6, 6.07) is 0.475. The van der Waals surface area contributed by atoms with Crippen molar-refractivity contribution in [2.24, 2.45) is 5.84 Å². The Kier molecular flexibility index (Phi) is 5.05. The summed E-state index contributed by atoms with van der Waals surface area (Å²) >= 11 is 0. The van der Waals surface area contributed by atoms with Crippen LogP contribution in [-0.4, -0.2) is 29.4 Å². The minimum atomic E-state index is -0.0365. The predicted molar refractivity (Wildman–Crippen MR) is 61.0 cm³/mol. The van der Waals surface area contributed by atoms with Gasteiger partial charge >= 0.3 is 0 Å². The minimum Gasteiger partial charge on any atom is -0.293 e. The van der Waals surface area contributed by atoms with Crippen LogP contribution in [0.1, 0.15) is 46.0 Å². The van der Waals surface area contributed by atoms with Crippen molar-refractivity contribution in [1.29, 1.82) is 0 Å². The summed E-state index contributed by atoms with van der Waals surface area (Å²) in [5, 5.41) is 0. The fraction of sp³-hybridized carbons (Fsp3) is 0.909. The molecule has 0 spiro atoms. The van der Waals surface area contributed by atoms with E-state index in [1.165, 1.54) is 19.3 Å². The number of nitrogens with one attached hydrogen (secondary N) is 1. The summed E-state index contributed by atoms with van der Waals surface area (Å²) in [7, 11) is 0. The van der Waals surface area contributed by atoms with E-state index in [0.29, 0.717) is 6.04 Å². The van der Waals surface area contributed by atoms with Crippen LogP contribution in [0.15, 0.2) is 0 Å². The molecule has 1 rings (SSSR count). The summed E-state index contributed by atoms with van der Waals surface area (Å²) in [4.78, 5) is 14.0. The first-order valence-electron chi connectivity index (χ1n) is 5.97. The number of carbonyl (C=O) groups is 1. The van der Waals surface area contributed by atoms with Gasteiger partial charge in [-0.2, -0.15) is 0 Å². The second kappa shape index (κ2) is 6.08. The molecule has 2 atom stereocenters. The second-order valence-corrected chi connectivity index (χ2v) is 4.40. The zero-order valence-electron chi connectivity index (χ0n) is 9.83. The lowest BCUT2D eigenvalue weighted by molar-refractivity contribution is -0.128. The molecule has 4 nitrogen and oxygen atoms in total. The molecule has 0 unspecified atom stereocenters. The van der Waals surface area contributed by atoms with E-state index in [1.54, 1.807) is 0 Å². The Morgan fingerprint density at radius 3 is 2.87 bits per heavy atom. The van der Waals surface area contributed by atoms with Gasteiger partial charge < -0.3 is 0 Å². The van der Waals surface area contributed by atoms with Gasteiger partial charge in [0.15, 0.2) is 0 Å². The summed E-state index contributed by atoms with van der Waals surface area (Å²) in [6.07, 6.45) is 5.58. The van der Waals surface area contributed by atoms with Gasteiger partial charge in [0.1, 0.15) is 0 Å². The van der Waals surface area contributed by atoms with Crippen molar-refractivity contribution >= 4 is 5.91 Å². The van der Waals surface area contributed by atoms with Gasteiger partial charge in [-0.3, -0.25) is 15.1 Å². The van der Waals surface area contributed by atoms with E-state index in [9.17, 15) is 4.79 Å². The fourth-order valence-corrected chi connectivity index (χ4v) is 2.40. The lowest BCUT2D eigenvalue weighted by Crippen LogP contribution is -2.53. The van der Waals surface area contributed by atoms with Gasteiger partial charge in [0, 0.05) is 6.04 Å². The number of nitrogens with two attached hydrogens (primary N) is 1. The molecule has 0 aliphatic carbocycles. The molecule has 4 heteroatoms. The number of rotatable bonds is 4. The van der Waals surface area contributed by atoms with Crippen LogP contribution in [0.5, 0.6) is 0 Å². The smallest absolute Gasteiger partial charge is 0.251 e. The average Bonchev–Trinajstić information content (AvgIpc) is 2.26. The van der Waals surface area contributed by atoms with E-state index in [-0.39, 0.29) is 11.9 Å². The highest BCUT2D eigenvalue weighted by Gasteiger charge is 2.29. The van der Waals surface area contributed by atoms with E-state index in [2.05, 4.69) is 24.2 Å². The number of nitrogens with zero attached hydrogens (tertiary/aromatic N) is 1. The monoisotopic (exact) mass is 213 g/mol. The van der Waals surface area contributed by atoms with Crippen molar-refractivity contribution in [2.75, 3.05) is 6.54 Å². The Morgan fingerprint density at radius 1 is 1.60 bits per heavy atom. The number of carbonyl (C=O) groups excluding carboxylic acids is 1. The molecule has 15 heavy (non-hydrogen) atoms. The van der Waals surface area contributed by atoms with E-state index >= 15 is 0 Å². The number of piperidine rings is 1. The molecule has 0 bridgehead atoms. The summed E-state index contributed by atoms with van der Waals surface area (Å²) in [5.74, 6) is 5.19. The molecule has 88 valence electrons. The molecule has 1 heterocycles. The first-order valence-corrected chi connectivity index (χ1v) is 5.97. The Morgan fingerprint density at radius 2 is 2.33 bits per heavy atom. The number of hydrazine groups is 1. The van der Waals surface area contributed by atoms with Crippen LogP contribution in [0.3, 0.4) is 0 Å². The van der Waals surface area contributed by atoms with Gasteiger partial charge in [0.25, 0.3) is 5.91 Å². The van der Waals surface area contributed by atoms with E-state index in [1.807, 2.05) is 0 Å². The number of hydrogen-bond acceptors (Lipinski definition) is 3. The SMILES string of the molecule is CCC[C@H](C(=O)NN)N1CCCC[C@@H]1C. The average molecular weight is 213 g/mol. The van der Waals surface area contributed by atoms with Crippen molar-refractivity contribution in [3.63, 3.8) is 0 Å². The van der Waals surface area contributed by atoms with Gasteiger partial charge in [-0.05, 0) is 32.7 Å². The number of hydrogen-bond donors (Lipinski definition) is 2. The molecule has 1 fully saturated rings. The van der Waals surface area contributed by atoms with Gasteiger partial charge in [-0.15, -0.1) is 0 Å². The van der Waals surface area contributed by atoms with Gasteiger partial charge in [0.05, 0.1) is 6.04 Å². The van der Waals surface area contributed by atoms with Gasteiger partial charge in [-0.25, -0.2) is 5.84 Å². The third-order valence-corrected chi connectivity index (χ3v) is 3.26. The Balaban J connectivity index is 2.64. The summed E-state index contributed by atoms with van der Waals surface area (Å²) < 4.78 is 0. The standard InChI is InChI=1S/C11H23N3O/c1-3-6-10(11(15)13-12)14-8-5-4-7-9(14)2/h9-10H,3-8,12H2,1-2H3,(H,13,15)/t9-,10+/m0/s1. The predicted octanol–water partition coefficient (Wildman–Crippen LogP) is 1.02. The van der Waals surface area contributed by atoms with E-state index < -0.39 is 0 Å². The molecule has 0 aromatic carbocycles. The van der Waals surface area contributed by atoms with E-state index in [0.717, 1.165) is 19.4 Å². The topological polar surface area (TPSA) is 58.4 Å². The number of likely N-dealkylation sites (tertiary alicyclic amines) is 1. The third kappa shape index (κ3) is 3.18. The Labute approximate surface area is 92.2 Å². The Hall–Kier alpha value is -0.610. The molecule has 1 amide bonds. The fourth-order valence-electron chi connectivity index (χ4n) is 2.40. The highest BCUT2D eigenvalue weighted by Crippen LogP contribution is 2.21. The maximum absolute atomic E-state index is 11.7. The van der Waals surface area contributed by atoms with Crippen LogP contribution >= 0.6 is 0 Å². The van der Waals surface area contributed by atoms with E-state index in [4.69, 9.17) is 5.84 Å². The van der Waals surface area contributed by atoms with Crippen molar-refractivity contribution in [2.45, 2.75) is 58.0 Å². The maximum atomic E-state index is 11.7. The van der Waals surface area contributed by atoms with Gasteiger partial charge in [0.2, 0.25) is 0 Å². The molecule has 0 aromatic heterocycles. The summed E-state index contributed by atoms with van der Waals surface area (Å²) in [5.41, 5.74) is 2.29. The van der Waals surface area contributed by atoms with Crippen LogP contribution in [0.4, 0.5) is 0 Å². The quantitative estimate of drug-likeness (QED) is 0.416. The Bertz CT molecular complexity index is 208. The molecule has 1 saturated heterocycles. The van der Waals surface area contributed by atoms with Crippen molar-refractivity contribution in [3.8, 4) is 0 Å². The molecular weight excluding hydrogens is 190 g/mol. The van der Waals surface area contributed by atoms with Crippen molar-refractivity contribution in [3.05, 3.63) is 0 Å². The highest BCUT2D eigenvalue weighted by atomic mass is 16.2. The first kappa shape index (κ1) is 12.5. The molecule has 0 radical (unpaired) electrons. The molecular formula is C11H23N3O. The second-order valence-electron chi connectivity index (χ2n) is 4.40. The molecule has 3 N–H and O–H groups in total. The van der Waals surface area contributed by atoms with Crippen molar-refractivity contribution in [1.82, 2.24) is 10.3 Å². The molecule has 0 aromatic rings. The lowest BCUT2D eigenvalue weighted by atomic mass is 9.99. The van der Waals surface area contributed by atoms with Crippen LogP contribution in [0.2, 0.25) is 0 Å². The van der Waals surface area contributed by atoms with Crippen LogP contribution < -0.4 is 11.3 Å². The van der Waals surface area contributed by atoms with Crippen LogP contribution in [0.25, 0.3) is 0 Å². The third-order valence-electron chi connectivity index (χ3n) is 3.26. The zero-order valence-corrected chi connectivity index (χ0v) is 9.83. The largest absolute Gasteiger partial charge is 0.293 e. The highest BCUT2D eigenvalue weighted by molar-refractivity contribution is 5.81.